The molecule has 2 aliphatic rings. The molecule has 2 fully saturated rings. The average molecular weight is 392 g/mol. The van der Waals surface area contributed by atoms with E-state index in [0.29, 0.717) is 42.8 Å². The molecule has 148 valence electrons. The third-order valence-electron chi connectivity index (χ3n) is 5.87. The molecular formula is C22H30ClNO3. The predicted octanol–water partition coefficient (Wildman–Crippen LogP) is 4.56. The summed E-state index contributed by atoms with van der Waals surface area (Å²) in [5.41, 5.74) is 2.05. The van der Waals surface area contributed by atoms with Crippen molar-refractivity contribution < 1.29 is 14.3 Å². The van der Waals surface area contributed by atoms with Gasteiger partial charge in [-0.1, -0.05) is 43.0 Å². The number of rotatable bonds is 7. The number of carbonyl (C=O) groups is 2. The molecule has 1 atom stereocenters. The molecule has 0 radical (unpaired) electrons. The monoisotopic (exact) mass is 391 g/mol. The number of ether oxygens (including phenoxy) is 1. The Balaban J connectivity index is 1.56. The van der Waals surface area contributed by atoms with Gasteiger partial charge in [0.1, 0.15) is 0 Å². The fraction of sp³-hybridized carbons (Fsp3) is 0.636. The second kappa shape index (κ2) is 9.59. The minimum atomic E-state index is -0.183. The lowest BCUT2D eigenvalue weighted by molar-refractivity contribution is -0.143. The lowest BCUT2D eigenvalue weighted by Crippen LogP contribution is -2.39. The van der Waals surface area contributed by atoms with Gasteiger partial charge in [0.15, 0.2) is 0 Å². The summed E-state index contributed by atoms with van der Waals surface area (Å²) in [6, 6.07) is 6.41. The van der Waals surface area contributed by atoms with E-state index in [2.05, 4.69) is 4.90 Å². The number of halogens is 1. The Hall–Kier alpha value is -1.55. The molecule has 1 unspecified atom stereocenters. The zero-order chi connectivity index (χ0) is 19.2. The van der Waals surface area contributed by atoms with Gasteiger partial charge in [-0.3, -0.25) is 9.59 Å². The van der Waals surface area contributed by atoms with Gasteiger partial charge in [-0.25, -0.2) is 0 Å². The van der Waals surface area contributed by atoms with Gasteiger partial charge in [-0.2, -0.15) is 0 Å². The van der Waals surface area contributed by atoms with Crippen LogP contribution < -0.4 is 0 Å². The van der Waals surface area contributed by atoms with E-state index in [-0.39, 0.29) is 11.9 Å². The number of esters is 1. The summed E-state index contributed by atoms with van der Waals surface area (Å²) in [6.45, 7) is 3.11. The summed E-state index contributed by atoms with van der Waals surface area (Å²) in [4.78, 5) is 26.5. The number of aryl methyl sites for hydroxylation is 1. The highest BCUT2D eigenvalue weighted by molar-refractivity contribution is 6.31. The Morgan fingerprint density at radius 2 is 2.00 bits per heavy atom. The second-order valence-corrected chi connectivity index (χ2v) is 8.15. The molecule has 1 aromatic rings. The van der Waals surface area contributed by atoms with E-state index in [1.165, 1.54) is 19.3 Å². The van der Waals surface area contributed by atoms with E-state index < -0.39 is 0 Å². The Morgan fingerprint density at radius 3 is 2.70 bits per heavy atom. The first kappa shape index (κ1) is 20.2. The van der Waals surface area contributed by atoms with Crippen molar-refractivity contribution in [2.24, 2.45) is 5.92 Å². The van der Waals surface area contributed by atoms with Crippen LogP contribution in [-0.2, 0) is 27.2 Å². The van der Waals surface area contributed by atoms with Crippen LogP contribution >= 0.6 is 11.6 Å². The van der Waals surface area contributed by atoms with E-state index in [0.717, 1.165) is 36.9 Å². The maximum atomic E-state index is 12.9. The molecule has 5 heteroatoms. The SMILES string of the molecule is CCOC(=O)CCc1ccc(CC2CCN(C3CCCCC3)C2=O)c(Cl)c1. The standard InChI is InChI=1S/C22H30ClNO3/c1-2-27-21(25)11-9-16-8-10-17(20(23)14-16)15-18-12-13-24(22(18)26)19-6-4-3-5-7-19/h8,10,14,18-19H,2-7,9,11-13,15H2,1H3. The summed E-state index contributed by atoms with van der Waals surface area (Å²) >= 11 is 6.48. The highest BCUT2D eigenvalue weighted by Gasteiger charge is 2.36. The molecule has 0 aromatic heterocycles. The van der Waals surface area contributed by atoms with Crippen molar-refractivity contribution in [2.45, 2.75) is 70.8 Å². The zero-order valence-corrected chi connectivity index (χ0v) is 17.0. The molecule has 1 aliphatic carbocycles. The number of benzene rings is 1. The Morgan fingerprint density at radius 1 is 1.22 bits per heavy atom. The molecular weight excluding hydrogens is 362 g/mol. The average Bonchev–Trinajstić information content (AvgIpc) is 3.03. The minimum absolute atomic E-state index is 0.0507. The van der Waals surface area contributed by atoms with Crippen molar-refractivity contribution in [2.75, 3.05) is 13.2 Å². The molecule has 0 N–H and O–H groups in total. The van der Waals surface area contributed by atoms with Crippen LogP contribution in [0.5, 0.6) is 0 Å². The second-order valence-electron chi connectivity index (χ2n) is 7.74. The van der Waals surface area contributed by atoms with Gasteiger partial charge in [0.05, 0.1) is 6.61 Å². The molecule has 1 heterocycles. The van der Waals surface area contributed by atoms with Gasteiger partial charge < -0.3 is 9.64 Å². The number of likely N-dealkylation sites (tertiary alicyclic amines) is 1. The van der Waals surface area contributed by atoms with Gasteiger partial charge in [0.2, 0.25) is 5.91 Å². The largest absolute Gasteiger partial charge is 0.466 e. The minimum Gasteiger partial charge on any atom is -0.466 e. The third kappa shape index (κ3) is 5.25. The van der Waals surface area contributed by atoms with Crippen LogP contribution in [0.3, 0.4) is 0 Å². The van der Waals surface area contributed by atoms with Gasteiger partial charge in [-0.05, 0) is 56.2 Å². The number of amides is 1. The lowest BCUT2D eigenvalue weighted by atomic mass is 9.94. The van der Waals surface area contributed by atoms with Gasteiger partial charge in [0, 0.05) is 29.9 Å². The van der Waals surface area contributed by atoms with E-state index in [1.807, 2.05) is 25.1 Å². The molecule has 27 heavy (non-hydrogen) atoms. The molecule has 1 amide bonds. The number of hydrogen-bond acceptors (Lipinski definition) is 3. The van der Waals surface area contributed by atoms with Crippen molar-refractivity contribution in [3.63, 3.8) is 0 Å². The van der Waals surface area contributed by atoms with Crippen LogP contribution in [0.15, 0.2) is 18.2 Å². The summed E-state index contributed by atoms with van der Waals surface area (Å²) in [6.07, 6.45) is 8.74. The fourth-order valence-corrected chi connectivity index (χ4v) is 4.64. The number of hydrogen-bond donors (Lipinski definition) is 0. The maximum Gasteiger partial charge on any atom is 0.306 e. The molecule has 0 spiro atoms. The summed E-state index contributed by atoms with van der Waals surface area (Å²) in [7, 11) is 0. The molecule has 1 saturated heterocycles. The van der Waals surface area contributed by atoms with Gasteiger partial charge in [-0.15, -0.1) is 0 Å². The topological polar surface area (TPSA) is 46.6 Å². The van der Waals surface area contributed by atoms with E-state index in [9.17, 15) is 9.59 Å². The first-order valence-corrected chi connectivity index (χ1v) is 10.7. The number of carbonyl (C=O) groups excluding carboxylic acids is 2. The van der Waals surface area contributed by atoms with Crippen LogP contribution in [-0.4, -0.2) is 36.0 Å². The van der Waals surface area contributed by atoms with Gasteiger partial charge in [0.25, 0.3) is 0 Å². The first-order chi connectivity index (χ1) is 13.1. The maximum absolute atomic E-state index is 12.9. The molecule has 0 bridgehead atoms. The third-order valence-corrected chi connectivity index (χ3v) is 6.23. The van der Waals surface area contributed by atoms with Crippen molar-refractivity contribution >= 4 is 23.5 Å². The predicted molar refractivity (Wildman–Crippen MR) is 107 cm³/mol. The summed E-state index contributed by atoms with van der Waals surface area (Å²) < 4.78 is 4.96. The fourth-order valence-electron chi connectivity index (χ4n) is 4.36. The van der Waals surface area contributed by atoms with Crippen LogP contribution in [0.4, 0.5) is 0 Å². The van der Waals surface area contributed by atoms with Crippen molar-refractivity contribution in [3.8, 4) is 0 Å². The highest BCUT2D eigenvalue weighted by Crippen LogP contribution is 2.31. The van der Waals surface area contributed by atoms with Gasteiger partial charge >= 0.3 is 5.97 Å². The Labute approximate surface area is 167 Å². The van der Waals surface area contributed by atoms with E-state index in [1.54, 1.807) is 0 Å². The van der Waals surface area contributed by atoms with Crippen molar-refractivity contribution in [1.82, 2.24) is 4.90 Å². The smallest absolute Gasteiger partial charge is 0.306 e. The molecule has 4 nitrogen and oxygen atoms in total. The first-order valence-electron chi connectivity index (χ1n) is 10.3. The van der Waals surface area contributed by atoms with Crippen LogP contribution in [0.25, 0.3) is 0 Å². The van der Waals surface area contributed by atoms with E-state index >= 15 is 0 Å². The van der Waals surface area contributed by atoms with Crippen LogP contribution in [0, 0.1) is 5.92 Å². The molecule has 1 aromatic carbocycles. The van der Waals surface area contributed by atoms with E-state index in [4.69, 9.17) is 16.3 Å². The normalized spacial score (nSPS) is 20.9. The number of nitrogens with zero attached hydrogens (tertiary/aromatic N) is 1. The van der Waals surface area contributed by atoms with Crippen molar-refractivity contribution in [1.29, 1.82) is 0 Å². The quantitative estimate of drug-likeness (QED) is 0.640. The zero-order valence-electron chi connectivity index (χ0n) is 16.2. The summed E-state index contributed by atoms with van der Waals surface area (Å²) in [5.74, 6) is 0.177. The molecule has 1 aliphatic heterocycles. The Bertz CT molecular complexity index is 670. The van der Waals surface area contributed by atoms with Crippen molar-refractivity contribution in [3.05, 3.63) is 34.3 Å². The molecule has 3 rings (SSSR count). The summed E-state index contributed by atoms with van der Waals surface area (Å²) in [5, 5.41) is 0.695. The van der Waals surface area contributed by atoms with Crippen LogP contribution in [0.1, 0.15) is 63.0 Å². The highest BCUT2D eigenvalue weighted by atomic mass is 35.5. The van der Waals surface area contributed by atoms with Crippen LogP contribution in [0.2, 0.25) is 5.02 Å². The Kier molecular flexibility index (Phi) is 7.17. The lowest BCUT2D eigenvalue weighted by Gasteiger charge is -2.31. The molecule has 1 saturated carbocycles.